The number of aromatic nitrogens is 1. The number of ether oxygens (including phenoxy) is 1. The number of pyridine rings is 1. The minimum Gasteiger partial charge on any atom is -0.473 e. The Kier molecular flexibility index (Phi) is 4.27. The van der Waals surface area contributed by atoms with E-state index in [1.54, 1.807) is 24.4 Å². The van der Waals surface area contributed by atoms with Crippen LogP contribution in [0.5, 0.6) is 5.88 Å². The highest BCUT2D eigenvalue weighted by Crippen LogP contribution is 2.26. The van der Waals surface area contributed by atoms with Gasteiger partial charge in [-0.1, -0.05) is 12.1 Å². The molecule has 0 N–H and O–H groups in total. The molecule has 5 nitrogen and oxygen atoms in total. The SMILES string of the molecule is O=S(=O)(c1c(F)cccc1F)N1CCC(Oc2ccccn2)C1. The van der Waals surface area contributed by atoms with Crippen LogP contribution in [0.15, 0.2) is 47.5 Å². The summed E-state index contributed by atoms with van der Waals surface area (Å²) in [6.45, 7) is 0.153. The summed E-state index contributed by atoms with van der Waals surface area (Å²) in [6, 6.07) is 8.12. The highest BCUT2D eigenvalue weighted by molar-refractivity contribution is 7.89. The van der Waals surface area contributed by atoms with E-state index in [0.717, 1.165) is 22.5 Å². The molecule has 0 radical (unpaired) electrons. The van der Waals surface area contributed by atoms with Gasteiger partial charge >= 0.3 is 0 Å². The van der Waals surface area contributed by atoms with Gasteiger partial charge in [0.15, 0.2) is 4.90 Å². The zero-order chi connectivity index (χ0) is 16.4. The van der Waals surface area contributed by atoms with Gasteiger partial charge in [-0.15, -0.1) is 0 Å². The third-order valence-electron chi connectivity index (χ3n) is 3.55. The van der Waals surface area contributed by atoms with Gasteiger partial charge in [-0.2, -0.15) is 4.31 Å². The average molecular weight is 340 g/mol. The van der Waals surface area contributed by atoms with E-state index in [-0.39, 0.29) is 13.1 Å². The molecular formula is C15H14F2N2O3S. The first-order valence-electron chi connectivity index (χ1n) is 7.00. The molecule has 3 rings (SSSR count). The van der Waals surface area contributed by atoms with Gasteiger partial charge in [0.2, 0.25) is 15.9 Å². The molecule has 0 aliphatic carbocycles. The Morgan fingerprint density at radius 1 is 1.13 bits per heavy atom. The summed E-state index contributed by atoms with van der Waals surface area (Å²) in [5, 5.41) is 0. The minimum absolute atomic E-state index is 0.0205. The van der Waals surface area contributed by atoms with Crippen molar-refractivity contribution in [3.05, 3.63) is 54.2 Å². The summed E-state index contributed by atoms with van der Waals surface area (Å²) in [5.41, 5.74) is 0. The van der Waals surface area contributed by atoms with Gasteiger partial charge in [0, 0.05) is 18.8 Å². The first kappa shape index (κ1) is 15.8. The molecule has 1 unspecified atom stereocenters. The fourth-order valence-corrected chi connectivity index (χ4v) is 4.05. The van der Waals surface area contributed by atoms with E-state index in [9.17, 15) is 17.2 Å². The summed E-state index contributed by atoms with van der Waals surface area (Å²) >= 11 is 0. The van der Waals surface area contributed by atoms with Gasteiger partial charge in [0.05, 0.1) is 6.54 Å². The van der Waals surface area contributed by atoms with Crippen molar-refractivity contribution in [2.45, 2.75) is 17.4 Å². The maximum atomic E-state index is 13.8. The molecule has 1 aliphatic heterocycles. The van der Waals surface area contributed by atoms with Crippen molar-refractivity contribution in [3.8, 4) is 5.88 Å². The number of hydrogen-bond donors (Lipinski definition) is 0. The molecule has 0 saturated carbocycles. The molecule has 1 saturated heterocycles. The second kappa shape index (κ2) is 6.21. The fourth-order valence-electron chi connectivity index (χ4n) is 2.46. The molecule has 1 aromatic heterocycles. The van der Waals surface area contributed by atoms with Crippen LogP contribution >= 0.6 is 0 Å². The highest BCUT2D eigenvalue weighted by atomic mass is 32.2. The zero-order valence-electron chi connectivity index (χ0n) is 12.0. The van der Waals surface area contributed by atoms with Crippen LogP contribution in [0, 0.1) is 11.6 Å². The normalized spacial score (nSPS) is 19.0. The number of halogens is 2. The Morgan fingerprint density at radius 2 is 1.87 bits per heavy atom. The van der Waals surface area contributed by atoms with Crippen LogP contribution < -0.4 is 4.74 Å². The molecule has 0 amide bonds. The fraction of sp³-hybridized carbons (Fsp3) is 0.267. The number of sulfonamides is 1. The van der Waals surface area contributed by atoms with Crippen molar-refractivity contribution in [3.63, 3.8) is 0 Å². The molecular weight excluding hydrogens is 326 g/mol. The van der Waals surface area contributed by atoms with E-state index in [2.05, 4.69) is 4.98 Å². The summed E-state index contributed by atoms with van der Waals surface area (Å²) in [7, 11) is -4.24. The third-order valence-corrected chi connectivity index (χ3v) is 5.47. The van der Waals surface area contributed by atoms with Gasteiger partial charge in [0.25, 0.3) is 0 Å². The van der Waals surface area contributed by atoms with Gasteiger partial charge in [0.1, 0.15) is 17.7 Å². The molecule has 0 spiro atoms. The van der Waals surface area contributed by atoms with Crippen molar-refractivity contribution in [1.29, 1.82) is 0 Å². The van der Waals surface area contributed by atoms with Crippen molar-refractivity contribution >= 4 is 10.0 Å². The van der Waals surface area contributed by atoms with E-state index in [1.807, 2.05) is 0 Å². The van der Waals surface area contributed by atoms with Gasteiger partial charge in [-0.25, -0.2) is 22.2 Å². The number of nitrogens with zero attached hydrogens (tertiary/aromatic N) is 2. The first-order valence-corrected chi connectivity index (χ1v) is 8.44. The first-order chi connectivity index (χ1) is 11.0. The zero-order valence-corrected chi connectivity index (χ0v) is 12.8. The molecule has 1 aromatic carbocycles. The molecule has 122 valence electrons. The van der Waals surface area contributed by atoms with Gasteiger partial charge in [-0.3, -0.25) is 0 Å². The predicted molar refractivity (Wildman–Crippen MR) is 78.4 cm³/mol. The minimum atomic E-state index is -4.24. The topological polar surface area (TPSA) is 59.5 Å². The number of rotatable bonds is 4. The summed E-state index contributed by atoms with van der Waals surface area (Å²) in [6.07, 6.45) is 1.58. The summed E-state index contributed by atoms with van der Waals surface area (Å²) < 4.78 is 59.0. The van der Waals surface area contributed by atoms with Crippen LogP contribution in [0.3, 0.4) is 0 Å². The lowest BCUT2D eigenvalue weighted by molar-refractivity contribution is 0.207. The Bertz CT molecular complexity index is 779. The third kappa shape index (κ3) is 3.18. The van der Waals surface area contributed by atoms with E-state index < -0.39 is 32.7 Å². The molecule has 1 atom stereocenters. The highest BCUT2D eigenvalue weighted by Gasteiger charge is 2.37. The second-order valence-corrected chi connectivity index (χ2v) is 6.99. The standard InChI is InChI=1S/C15H14F2N2O3S/c16-12-4-3-5-13(17)15(12)23(20,21)19-9-7-11(10-19)22-14-6-1-2-8-18-14/h1-6,8,11H,7,9-10H2. The van der Waals surface area contributed by atoms with Gasteiger partial charge in [-0.05, 0) is 24.6 Å². The summed E-state index contributed by atoms with van der Waals surface area (Å²) in [5.74, 6) is -1.81. The van der Waals surface area contributed by atoms with Crippen LogP contribution in [-0.2, 0) is 10.0 Å². The molecule has 23 heavy (non-hydrogen) atoms. The van der Waals surface area contributed by atoms with Crippen molar-refractivity contribution in [2.75, 3.05) is 13.1 Å². The molecule has 1 fully saturated rings. The molecule has 2 heterocycles. The van der Waals surface area contributed by atoms with Crippen LogP contribution in [0.1, 0.15) is 6.42 Å². The van der Waals surface area contributed by atoms with Crippen molar-refractivity contribution in [2.24, 2.45) is 0 Å². The Morgan fingerprint density at radius 3 is 2.52 bits per heavy atom. The van der Waals surface area contributed by atoms with E-state index in [0.29, 0.717) is 12.3 Å². The predicted octanol–water partition coefficient (Wildman–Crippen LogP) is 2.20. The molecule has 8 heteroatoms. The van der Waals surface area contributed by atoms with Crippen molar-refractivity contribution in [1.82, 2.24) is 9.29 Å². The van der Waals surface area contributed by atoms with Crippen LogP contribution in [-0.4, -0.2) is 36.9 Å². The molecule has 1 aliphatic rings. The molecule has 0 bridgehead atoms. The summed E-state index contributed by atoms with van der Waals surface area (Å²) in [4.78, 5) is 3.09. The number of hydrogen-bond acceptors (Lipinski definition) is 4. The lowest BCUT2D eigenvalue weighted by Gasteiger charge is -2.17. The largest absolute Gasteiger partial charge is 0.473 e. The number of benzene rings is 1. The Balaban J connectivity index is 1.78. The lowest BCUT2D eigenvalue weighted by atomic mass is 10.3. The second-order valence-electron chi connectivity index (χ2n) is 5.11. The maximum Gasteiger partial charge on any atom is 0.249 e. The van der Waals surface area contributed by atoms with E-state index in [4.69, 9.17) is 4.74 Å². The van der Waals surface area contributed by atoms with E-state index >= 15 is 0 Å². The van der Waals surface area contributed by atoms with Crippen LogP contribution in [0.4, 0.5) is 8.78 Å². The quantitative estimate of drug-likeness (QED) is 0.856. The lowest BCUT2D eigenvalue weighted by Crippen LogP contribution is -2.32. The van der Waals surface area contributed by atoms with Crippen LogP contribution in [0.25, 0.3) is 0 Å². The smallest absolute Gasteiger partial charge is 0.249 e. The maximum absolute atomic E-state index is 13.8. The van der Waals surface area contributed by atoms with Crippen LogP contribution in [0.2, 0.25) is 0 Å². The van der Waals surface area contributed by atoms with E-state index in [1.165, 1.54) is 0 Å². The average Bonchev–Trinajstić information content (AvgIpc) is 2.97. The Labute approximate surface area is 132 Å². The molecule has 2 aromatic rings. The van der Waals surface area contributed by atoms with Gasteiger partial charge < -0.3 is 4.74 Å². The Hall–Kier alpha value is -2.06. The van der Waals surface area contributed by atoms with Crippen molar-refractivity contribution < 1.29 is 21.9 Å². The monoisotopic (exact) mass is 340 g/mol.